The Labute approximate surface area is 125 Å². The SMILES string of the molecule is CCOP(=O)(Cc1ccc2ccccc2c1OC)OCC. The zero-order chi connectivity index (χ0) is 15.3. The summed E-state index contributed by atoms with van der Waals surface area (Å²) in [5, 5.41) is 2.08. The van der Waals surface area contributed by atoms with Gasteiger partial charge >= 0.3 is 7.60 Å². The van der Waals surface area contributed by atoms with Gasteiger partial charge in [-0.2, -0.15) is 0 Å². The molecule has 0 unspecified atom stereocenters. The minimum absolute atomic E-state index is 0.211. The summed E-state index contributed by atoms with van der Waals surface area (Å²) in [6.45, 7) is 4.33. The van der Waals surface area contributed by atoms with Gasteiger partial charge in [-0.3, -0.25) is 4.57 Å². The summed E-state index contributed by atoms with van der Waals surface area (Å²) in [6, 6.07) is 11.9. The monoisotopic (exact) mass is 308 g/mol. The van der Waals surface area contributed by atoms with Crippen LogP contribution >= 0.6 is 7.60 Å². The van der Waals surface area contributed by atoms with E-state index in [9.17, 15) is 4.57 Å². The average Bonchev–Trinajstić information content (AvgIpc) is 2.47. The standard InChI is InChI=1S/C16H21O4P/c1-4-19-21(17,20-5-2)12-14-11-10-13-8-6-7-9-15(13)16(14)18-3/h6-11H,4-5,12H2,1-3H3. The lowest BCUT2D eigenvalue weighted by Gasteiger charge is -2.19. The van der Waals surface area contributed by atoms with Gasteiger partial charge in [-0.25, -0.2) is 0 Å². The van der Waals surface area contributed by atoms with Gasteiger partial charge in [-0.15, -0.1) is 0 Å². The first-order chi connectivity index (χ1) is 10.1. The molecular formula is C16H21O4P. The third kappa shape index (κ3) is 3.65. The van der Waals surface area contributed by atoms with Crippen molar-refractivity contribution in [3.8, 4) is 5.75 Å². The zero-order valence-corrected chi connectivity index (χ0v) is 13.6. The molecule has 0 saturated carbocycles. The molecule has 0 atom stereocenters. The van der Waals surface area contributed by atoms with Crippen LogP contribution in [0.5, 0.6) is 5.75 Å². The first-order valence-corrected chi connectivity index (χ1v) is 8.79. The highest BCUT2D eigenvalue weighted by molar-refractivity contribution is 7.53. The van der Waals surface area contributed by atoms with Crippen LogP contribution in [0.15, 0.2) is 36.4 Å². The minimum Gasteiger partial charge on any atom is -0.496 e. The lowest BCUT2D eigenvalue weighted by atomic mass is 10.1. The molecular weight excluding hydrogens is 287 g/mol. The van der Waals surface area contributed by atoms with Crippen LogP contribution in [0.25, 0.3) is 10.8 Å². The molecule has 0 bridgehead atoms. The first kappa shape index (κ1) is 16.0. The summed E-state index contributed by atoms with van der Waals surface area (Å²) < 4.78 is 28.9. The maximum Gasteiger partial charge on any atom is 0.335 e. The Bertz CT molecular complexity index is 644. The Morgan fingerprint density at radius 1 is 1.00 bits per heavy atom. The van der Waals surface area contributed by atoms with E-state index in [0.29, 0.717) is 13.2 Å². The van der Waals surface area contributed by atoms with Gasteiger partial charge in [-0.05, 0) is 19.2 Å². The molecule has 5 heteroatoms. The van der Waals surface area contributed by atoms with E-state index in [0.717, 1.165) is 22.1 Å². The van der Waals surface area contributed by atoms with E-state index >= 15 is 0 Å². The normalized spacial score (nSPS) is 11.8. The van der Waals surface area contributed by atoms with Crippen molar-refractivity contribution in [1.82, 2.24) is 0 Å². The molecule has 0 aromatic heterocycles. The number of ether oxygens (including phenoxy) is 1. The fourth-order valence-electron chi connectivity index (χ4n) is 2.38. The predicted molar refractivity (Wildman–Crippen MR) is 85.1 cm³/mol. The molecule has 0 fully saturated rings. The van der Waals surface area contributed by atoms with Crippen molar-refractivity contribution in [2.24, 2.45) is 0 Å². The van der Waals surface area contributed by atoms with Gasteiger partial charge in [0.05, 0.1) is 26.5 Å². The van der Waals surface area contributed by atoms with Crippen molar-refractivity contribution < 1.29 is 18.3 Å². The van der Waals surface area contributed by atoms with E-state index in [4.69, 9.17) is 13.8 Å². The summed E-state index contributed by atoms with van der Waals surface area (Å²) in [4.78, 5) is 0. The van der Waals surface area contributed by atoms with Crippen molar-refractivity contribution >= 4 is 18.4 Å². The molecule has 2 rings (SSSR count). The van der Waals surface area contributed by atoms with Crippen LogP contribution in [-0.4, -0.2) is 20.3 Å². The minimum atomic E-state index is -3.14. The van der Waals surface area contributed by atoms with Crippen molar-refractivity contribution in [1.29, 1.82) is 0 Å². The van der Waals surface area contributed by atoms with E-state index in [-0.39, 0.29) is 6.16 Å². The maximum absolute atomic E-state index is 12.7. The number of hydrogen-bond acceptors (Lipinski definition) is 4. The molecule has 114 valence electrons. The highest BCUT2D eigenvalue weighted by Crippen LogP contribution is 2.53. The zero-order valence-electron chi connectivity index (χ0n) is 12.7. The molecule has 4 nitrogen and oxygen atoms in total. The second-order valence-corrected chi connectivity index (χ2v) is 6.64. The van der Waals surface area contributed by atoms with Gasteiger partial charge in [0.2, 0.25) is 0 Å². The van der Waals surface area contributed by atoms with Crippen LogP contribution in [0, 0.1) is 0 Å². The second kappa shape index (κ2) is 7.08. The lowest BCUT2D eigenvalue weighted by Crippen LogP contribution is -2.01. The molecule has 21 heavy (non-hydrogen) atoms. The molecule has 0 aliphatic heterocycles. The quantitative estimate of drug-likeness (QED) is 0.700. The van der Waals surface area contributed by atoms with Crippen LogP contribution in [0.2, 0.25) is 0 Å². The van der Waals surface area contributed by atoms with Gasteiger partial charge in [0.1, 0.15) is 5.75 Å². The molecule has 0 aliphatic rings. The molecule has 2 aromatic carbocycles. The van der Waals surface area contributed by atoms with Crippen molar-refractivity contribution in [2.75, 3.05) is 20.3 Å². The number of hydrogen-bond donors (Lipinski definition) is 0. The molecule has 0 heterocycles. The lowest BCUT2D eigenvalue weighted by molar-refractivity contribution is 0.219. The predicted octanol–water partition coefficient (Wildman–Crippen LogP) is 4.61. The number of fused-ring (bicyclic) bond motifs is 1. The Hall–Kier alpha value is -1.35. The van der Waals surface area contributed by atoms with Gasteiger partial charge in [-0.1, -0.05) is 36.4 Å². The van der Waals surface area contributed by atoms with Gasteiger partial charge in [0.25, 0.3) is 0 Å². The van der Waals surface area contributed by atoms with E-state index in [2.05, 4.69) is 0 Å². The summed E-state index contributed by atoms with van der Waals surface area (Å²) in [5.41, 5.74) is 0.835. The van der Waals surface area contributed by atoms with Crippen LogP contribution in [0.3, 0.4) is 0 Å². The molecule has 0 N–H and O–H groups in total. The molecule has 0 spiro atoms. The summed E-state index contributed by atoms with van der Waals surface area (Å²) in [6.07, 6.45) is 0.211. The van der Waals surface area contributed by atoms with Crippen LogP contribution in [0.1, 0.15) is 19.4 Å². The van der Waals surface area contributed by atoms with E-state index < -0.39 is 7.60 Å². The molecule has 0 saturated heterocycles. The van der Waals surface area contributed by atoms with Crippen molar-refractivity contribution in [2.45, 2.75) is 20.0 Å². The number of benzene rings is 2. The molecule has 0 aliphatic carbocycles. The fourth-order valence-corrected chi connectivity index (χ4v) is 4.09. The Morgan fingerprint density at radius 2 is 1.67 bits per heavy atom. The largest absolute Gasteiger partial charge is 0.496 e. The highest BCUT2D eigenvalue weighted by Gasteiger charge is 2.26. The van der Waals surface area contributed by atoms with E-state index in [1.807, 2.05) is 50.2 Å². The summed E-state index contributed by atoms with van der Waals surface area (Å²) >= 11 is 0. The van der Waals surface area contributed by atoms with Gasteiger partial charge in [0.15, 0.2) is 0 Å². The van der Waals surface area contributed by atoms with Crippen molar-refractivity contribution in [3.05, 3.63) is 42.0 Å². The number of methoxy groups -OCH3 is 1. The van der Waals surface area contributed by atoms with Crippen molar-refractivity contribution in [3.63, 3.8) is 0 Å². The second-order valence-electron chi connectivity index (χ2n) is 4.58. The topological polar surface area (TPSA) is 44.8 Å². The summed E-state index contributed by atoms with van der Waals surface area (Å²) in [5.74, 6) is 0.729. The van der Waals surface area contributed by atoms with Crippen LogP contribution < -0.4 is 4.74 Å². The smallest absolute Gasteiger partial charge is 0.335 e. The molecule has 0 radical (unpaired) electrons. The van der Waals surface area contributed by atoms with E-state index in [1.165, 1.54) is 0 Å². The van der Waals surface area contributed by atoms with Crippen LogP contribution in [0.4, 0.5) is 0 Å². The Kier molecular flexibility index (Phi) is 5.40. The maximum atomic E-state index is 12.7. The third-order valence-corrected chi connectivity index (χ3v) is 5.21. The molecule has 2 aromatic rings. The first-order valence-electron chi connectivity index (χ1n) is 7.06. The highest BCUT2D eigenvalue weighted by atomic mass is 31.2. The molecule has 0 amide bonds. The number of rotatable bonds is 7. The fraction of sp³-hybridized carbons (Fsp3) is 0.375. The third-order valence-electron chi connectivity index (χ3n) is 3.18. The van der Waals surface area contributed by atoms with Gasteiger partial charge < -0.3 is 13.8 Å². The average molecular weight is 308 g/mol. The van der Waals surface area contributed by atoms with E-state index in [1.54, 1.807) is 7.11 Å². The Balaban J connectivity index is 2.43. The Morgan fingerprint density at radius 3 is 2.29 bits per heavy atom. The van der Waals surface area contributed by atoms with Gasteiger partial charge in [0, 0.05) is 10.9 Å². The van der Waals surface area contributed by atoms with Crippen LogP contribution in [-0.2, 0) is 19.8 Å². The summed E-state index contributed by atoms with van der Waals surface area (Å²) in [7, 11) is -1.52.